The molecule has 0 radical (unpaired) electrons. The van der Waals surface area contributed by atoms with Crippen LogP contribution in [0.15, 0.2) is 53.0 Å². The predicted octanol–water partition coefficient (Wildman–Crippen LogP) is 1.86. The number of methoxy groups -OCH3 is 1. The molecule has 0 aliphatic carbocycles. The maximum absolute atomic E-state index is 13.1. The van der Waals surface area contributed by atoms with Crippen LogP contribution in [-0.2, 0) is 0 Å². The lowest BCUT2D eigenvalue weighted by atomic mass is 9.74. The summed E-state index contributed by atoms with van der Waals surface area (Å²) < 4.78 is 6.12. The Kier molecular flexibility index (Phi) is 7.02. The first kappa shape index (κ1) is 23.0. The van der Waals surface area contributed by atoms with Crippen molar-refractivity contribution in [1.82, 2.24) is 9.80 Å². The Labute approximate surface area is 195 Å². The molecule has 4 unspecified atom stereocenters. The van der Waals surface area contributed by atoms with E-state index in [1.54, 1.807) is 31.4 Å². The van der Waals surface area contributed by atoms with Gasteiger partial charge >= 0.3 is 6.03 Å². The number of amides is 2. The molecule has 4 N–H and O–H groups in total. The topological polar surface area (TPSA) is 106 Å². The van der Waals surface area contributed by atoms with E-state index in [2.05, 4.69) is 21.2 Å². The number of rotatable bonds is 4. The highest BCUT2D eigenvalue weighted by Crippen LogP contribution is 2.42. The smallest absolute Gasteiger partial charge is 0.321 e. The van der Waals surface area contributed by atoms with Crippen molar-refractivity contribution in [3.05, 3.63) is 58.6 Å². The number of hydrogen-bond acceptors (Lipinski definition) is 6. The Morgan fingerprint density at radius 2 is 1.72 bits per heavy atom. The number of halogens is 1. The van der Waals surface area contributed by atoms with Crippen LogP contribution in [0.5, 0.6) is 5.75 Å². The van der Waals surface area contributed by atoms with Crippen molar-refractivity contribution in [1.29, 1.82) is 0 Å². The highest BCUT2D eigenvalue weighted by Gasteiger charge is 2.51. The molecule has 0 aromatic heterocycles. The lowest BCUT2D eigenvalue weighted by molar-refractivity contribution is -0.112. The summed E-state index contributed by atoms with van der Waals surface area (Å²) in [5.41, 5.74) is 1.68. The highest BCUT2D eigenvalue weighted by atomic mass is 79.9. The van der Waals surface area contributed by atoms with Crippen molar-refractivity contribution in [2.45, 2.75) is 30.2 Å². The third kappa shape index (κ3) is 4.62. The van der Waals surface area contributed by atoms with Crippen LogP contribution in [0.4, 0.5) is 10.5 Å². The number of carbonyl (C=O) groups is 1. The molecule has 172 valence electrons. The molecule has 2 aliphatic heterocycles. The van der Waals surface area contributed by atoms with Crippen molar-refractivity contribution in [3.8, 4) is 5.75 Å². The fraction of sp³-hybridized carbons (Fsp3) is 0.435. The summed E-state index contributed by atoms with van der Waals surface area (Å²) in [5.74, 6) is 0.692. The van der Waals surface area contributed by atoms with Crippen LogP contribution < -0.4 is 10.1 Å². The summed E-state index contributed by atoms with van der Waals surface area (Å²) >= 11 is 3.45. The van der Waals surface area contributed by atoms with Crippen molar-refractivity contribution >= 4 is 27.6 Å². The number of fused-ring (bicyclic) bond motifs is 1. The second kappa shape index (κ2) is 9.76. The predicted molar refractivity (Wildman–Crippen MR) is 124 cm³/mol. The number of benzene rings is 2. The molecule has 9 heteroatoms. The van der Waals surface area contributed by atoms with E-state index in [4.69, 9.17) is 4.74 Å². The number of nitrogens with one attached hydrogen (secondary N) is 1. The Morgan fingerprint density at radius 3 is 2.34 bits per heavy atom. The van der Waals surface area contributed by atoms with Gasteiger partial charge in [0.15, 0.2) is 0 Å². The van der Waals surface area contributed by atoms with Gasteiger partial charge in [-0.2, -0.15) is 0 Å². The SMILES string of the molecule is COc1ccc(NC(=O)N2CC(O)C(O)CN3C(C2)C(c2ccc(Br)cc2)[C@H]3CO)cc1. The van der Waals surface area contributed by atoms with Gasteiger partial charge in [0.05, 0.1) is 32.5 Å². The van der Waals surface area contributed by atoms with Gasteiger partial charge in [-0.05, 0) is 42.0 Å². The van der Waals surface area contributed by atoms with Crippen molar-refractivity contribution < 1.29 is 24.9 Å². The molecule has 2 aromatic rings. The standard InChI is InChI=1S/C23H28BrN3O5/c1-32-17-8-6-16(7-9-17)25-23(31)26-10-18-22(14-2-4-15(24)5-3-14)19(13-28)27(18)12-21(30)20(29)11-26/h2-9,18-22,28-30H,10-13H2,1H3,(H,25,31)/t18?,19-,20?,21?,22?/m1/s1. The van der Waals surface area contributed by atoms with Crippen molar-refractivity contribution in [3.63, 3.8) is 0 Å². The fourth-order valence-electron chi connectivity index (χ4n) is 4.68. The molecule has 2 fully saturated rings. The number of urea groups is 1. The largest absolute Gasteiger partial charge is 0.497 e. The average Bonchev–Trinajstić information content (AvgIpc) is 2.79. The minimum absolute atomic E-state index is 0.00632. The summed E-state index contributed by atoms with van der Waals surface area (Å²) in [6.45, 7) is 0.559. The van der Waals surface area contributed by atoms with E-state index in [-0.39, 0.29) is 43.7 Å². The summed E-state index contributed by atoms with van der Waals surface area (Å²) in [6.07, 6.45) is -2.10. The van der Waals surface area contributed by atoms with Gasteiger partial charge in [-0.15, -0.1) is 0 Å². The van der Waals surface area contributed by atoms with Crippen molar-refractivity contribution in [2.75, 3.05) is 38.7 Å². The minimum Gasteiger partial charge on any atom is -0.497 e. The Balaban J connectivity index is 1.56. The Bertz CT molecular complexity index is 926. The third-order valence-corrected chi connectivity index (χ3v) is 6.94. The Hall–Kier alpha value is -2.17. The number of ether oxygens (including phenoxy) is 1. The molecule has 4 rings (SSSR count). The molecule has 0 saturated carbocycles. The minimum atomic E-state index is -1.08. The van der Waals surface area contributed by atoms with Crippen molar-refractivity contribution in [2.24, 2.45) is 0 Å². The molecule has 0 spiro atoms. The van der Waals surface area contributed by atoms with Gasteiger partial charge in [-0.1, -0.05) is 28.1 Å². The number of anilines is 1. The van der Waals surface area contributed by atoms with E-state index in [0.717, 1.165) is 10.0 Å². The number of carbonyl (C=O) groups excluding carboxylic acids is 1. The van der Waals surface area contributed by atoms with Crippen LogP contribution >= 0.6 is 15.9 Å². The van der Waals surface area contributed by atoms with Gasteiger partial charge in [0.1, 0.15) is 5.75 Å². The monoisotopic (exact) mass is 505 g/mol. The van der Waals surface area contributed by atoms with Gasteiger partial charge in [-0.3, -0.25) is 4.90 Å². The second-order valence-corrected chi connectivity index (χ2v) is 9.21. The van der Waals surface area contributed by atoms with Crippen LogP contribution in [0.1, 0.15) is 11.5 Å². The molecule has 2 aliphatic rings. The molecule has 2 amide bonds. The molecule has 2 aromatic carbocycles. The van der Waals surface area contributed by atoms with Gasteiger partial charge in [-0.25, -0.2) is 4.79 Å². The van der Waals surface area contributed by atoms with Gasteiger partial charge in [0.25, 0.3) is 0 Å². The molecular formula is C23H28BrN3O5. The van der Waals surface area contributed by atoms with E-state index in [0.29, 0.717) is 18.0 Å². The van der Waals surface area contributed by atoms with Crippen LogP contribution in [-0.4, -0.2) is 88.8 Å². The number of aliphatic hydroxyl groups is 3. The Morgan fingerprint density at radius 1 is 1.06 bits per heavy atom. The van der Waals surface area contributed by atoms with Crippen LogP contribution in [0.3, 0.4) is 0 Å². The summed E-state index contributed by atoms with van der Waals surface area (Å²) in [6, 6.07) is 14.3. The van der Waals surface area contributed by atoms with Gasteiger partial charge in [0.2, 0.25) is 0 Å². The maximum Gasteiger partial charge on any atom is 0.321 e. The molecule has 2 saturated heterocycles. The quantitative estimate of drug-likeness (QED) is 0.505. The number of nitrogens with zero attached hydrogens (tertiary/aromatic N) is 2. The van der Waals surface area contributed by atoms with E-state index in [1.807, 2.05) is 29.2 Å². The number of aliphatic hydroxyl groups excluding tert-OH is 3. The first-order valence-electron chi connectivity index (χ1n) is 10.6. The van der Waals surface area contributed by atoms with Gasteiger partial charge < -0.3 is 30.3 Å². The highest BCUT2D eigenvalue weighted by molar-refractivity contribution is 9.10. The molecule has 2 heterocycles. The number of β-amino-alcohol motifs (C(OH)–C–C–N with tert-alkyl or cyclic N) is 1. The fourth-order valence-corrected chi connectivity index (χ4v) is 4.94. The zero-order valence-electron chi connectivity index (χ0n) is 17.8. The van der Waals surface area contributed by atoms with Gasteiger partial charge in [0, 0.05) is 41.3 Å². The lowest BCUT2D eigenvalue weighted by Gasteiger charge is -2.58. The van der Waals surface area contributed by atoms with Crippen LogP contribution in [0.25, 0.3) is 0 Å². The first-order valence-corrected chi connectivity index (χ1v) is 11.4. The molecular weight excluding hydrogens is 478 g/mol. The third-order valence-electron chi connectivity index (χ3n) is 6.41. The van der Waals surface area contributed by atoms with E-state index < -0.39 is 12.2 Å². The average molecular weight is 506 g/mol. The first-order chi connectivity index (χ1) is 15.4. The molecule has 8 nitrogen and oxygen atoms in total. The maximum atomic E-state index is 13.1. The van der Waals surface area contributed by atoms with E-state index >= 15 is 0 Å². The van der Waals surface area contributed by atoms with Crippen LogP contribution in [0, 0.1) is 0 Å². The zero-order chi connectivity index (χ0) is 22.8. The summed E-state index contributed by atoms with van der Waals surface area (Å²) in [5, 5.41) is 33.9. The molecule has 32 heavy (non-hydrogen) atoms. The lowest BCUT2D eigenvalue weighted by Crippen LogP contribution is -2.71. The normalized spacial score (nSPS) is 28.2. The molecule has 5 atom stereocenters. The van der Waals surface area contributed by atoms with E-state index in [1.165, 1.54) is 4.90 Å². The summed E-state index contributed by atoms with van der Waals surface area (Å²) in [7, 11) is 1.58. The van der Waals surface area contributed by atoms with Crippen LogP contribution in [0.2, 0.25) is 0 Å². The van der Waals surface area contributed by atoms with E-state index in [9.17, 15) is 20.1 Å². The number of hydrogen-bond donors (Lipinski definition) is 4. The molecule has 0 bridgehead atoms. The zero-order valence-corrected chi connectivity index (χ0v) is 19.4. The summed E-state index contributed by atoms with van der Waals surface area (Å²) in [4.78, 5) is 16.6. The second-order valence-electron chi connectivity index (χ2n) is 8.29.